The van der Waals surface area contributed by atoms with E-state index in [9.17, 15) is 0 Å². The standard InChI is InChI=1S/FH.Mg.H2O.H4Si.2H/h1H;;1H2;1H4;;/q;+2;;;2*-1. The van der Waals surface area contributed by atoms with Gasteiger partial charge >= 0.3 is 23.1 Å². The van der Waals surface area contributed by atoms with Crippen molar-refractivity contribution >= 4 is 34.0 Å². The quantitative estimate of drug-likeness (QED) is 0.305. The summed E-state index contributed by atoms with van der Waals surface area (Å²) in [6.45, 7) is 0. The third-order valence-corrected chi connectivity index (χ3v) is 0. The summed E-state index contributed by atoms with van der Waals surface area (Å²) in [7, 11) is 0. The van der Waals surface area contributed by atoms with Crippen LogP contribution < -0.4 is 0 Å². The first-order chi connectivity index (χ1) is 0. The molecule has 0 amide bonds. The van der Waals surface area contributed by atoms with Crippen molar-refractivity contribution in [3.63, 3.8) is 0 Å². The van der Waals surface area contributed by atoms with Gasteiger partial charge in [0.1, 0.15) is 0 Å². The molecule has 4 heavy (non-hydrogen) atoms. The molecule has 0 aliphatic carbocycles. The molecule has 1 nitrogen and oxygen atoms in total. The van der Waals surface area contributed by atoms with E-state index >= 15 is 0 Å². The Bertz CT molecular complexity index is 13.5. The number of rotatable bonds is 0. The summed E-state index contributed by atoms with van der Waals surface area (Å²) in [5, 5.41) is 0. The van der Waals surface area contributed by atoms with Crippen LogP contribution in [0.2, 0.25) is 0 Å². The zero-order valence-corrected chi connectivity index (χ0v) is 3.03. The van der Waals surface area contributed by atoms with Crippen molar-refractivity contribution in [3.8, 4) is 0 Å². The molecule has 0 aliphatic rings. The van der Waals surface area contributed by atoms with Crippen molar-refractivity contribution in [3.05, 3.63) is 0 Å². The predicted molar refractivity (Wildman–Crippen MR) is 25.4 cm³/mol. The molecule has 0 radical (unpaired) electrons. The summed E-state index contributed by atoms with van der Waals surface area (Å²) >= 11 is 0. The third kappa shape index (κ3) is 13.2. The molecule has 0 unspecified atom stereocenters. The molecule has 0 saturated heterocycles. The summed E-state index contributed by atoms with van der Waals surface area (Å²) in [4.78, 5) is 0. The second-order valence-corrected chi connectivity index (χ2v) is 0. The van der Waals surface area contributed by atoms with E-state index in [4.69, 9.17) is 0 Å². The van der Waals surface area contributed by atoms with Crippen LogP contribution in [0.15, 0.2) is 0 Å². The van der Waals surface area contributed by atoms with Gasteiger partial charge in [-0.3, -0.25) is 4.70 Å². The summed E-state index contributed by atoms with van der Waals surface area (Å²) in [6, 6.07) is 0. The number of hydrogen-bond acceptors (Lipinski definition) is 0. The molecule has 0 aromatic rings. The van der Waals surface area contributed by atoms with Gasteiger partial charge in [0, 0.05) is 0 Å². The minimum atomic E-state index is 0. The molecule has 0 heterocycles. The zero-order chi connectivity index (χ0) is 0. The van der Waals surface area contributed by atoms with Crippen molar-refractivity contribution in [2.24, 2.45) is 0 Å². The summed E-state index contributed by atoms with van der Waals surface area (Å²) < 4.78 is 0. The fourth-order valence-electron chi connectivity index (χ4n) is 0. The van der Waals surface area contributed by atoms with E-state index in [1.165, 1.54) is 0 Å². The van der Waals surface area contributed by atoms with Crippen LogP contribution in [0, 0.1) is 0 Å². The van der Waals surface area contributed by atoms with Crippen molar-refractivity contribution in [1.82, 2.24) is 0 Å². The van der Waals surface area contributed by atoms with Crippen molar-refractivity contribution in [2.45, 2.75) is 0 Å². The van der Waals surface area contributed by atoms with Crippen LogP contribution in [0.1, 0.15) is 2.85 Å². The van der Waals surface area contributed by atoms with Crippen LogP contribution in [0.3, 0.4) is 0 Å². The van der Waals surface area contributed by atoms with E-state index in [-0.39, 0.29) is 47.1 Å². The molecule has 0 saturated carbocycles. The molecule has 4 heteroatoms. The first-order valence-corrected chi connectivity index (χ1v) is 0. The van der Waals surface area contributed by atoms with Crippen LogP contribution >= 0.6 is 0 Å². The Morgan fingerprint density at radius 2 is 1.25 bits per heavy atom. The Hall–Kier alpha value is 0.873. The van der Waals surface area contributed by atoms with Crippen molar-refractivity contribution < 1.29 is 13.0 Å². The van der Waals surface area contributed by atoms with Crippen molar-refractivity contribution in [1.29, 1.82) is 0 Å². The Morgan fingerprint density at radius 1 is 1.25 bits per heavy atom. The second-order valence-electron chi connectivity index (χ2n) is 0. The topological polar surface area (TPSA) is 31.5 Å². The van der Waals surface area contributed by atoms with Gasteiger partial charge in [-0.05, 0) is 11.0 Å². The Kier molecular flexibility index (Phi) is 1010. The minimum Gasteiger partial charge on any atom is -1.00 e. The van der Waals surface area contributed by atoms with Gasteiger partial charge in [0.2, 0.25) is 0 Å². The molecule has 0 bridgehead atoms. The predicted octanol–water partition coefficient (Wildman–Crippen LogP) is -2.28. The average molecular weight is 96.5 g/mol. The molecule has 28 valence electrons. The van der Waals surface area contributed by atoms with Gasteiger partial charge in [-0.15, -0.1) is 0 Å². The van der Waals surface area contributed by atoms with Gasteiger partial charge in [-0.2, -0.15) is 0 Å². The monoisotopic (exact) mass is 96.0 g/mol. The van der Waals surface area contributed by atoms with Gasteiger partial charge in [-0.25, -0.2) is 0 Å². The molecule has 0 fully saturated rings. The Labute approximate surface area is 47.6 Å². The molecule has 0 atom stereocenters. The summed E-state index contributed by atoms with van der Waals surface area (Å²) in [5.41, 5.74) is 0. The van der Waals surface area contributed by atoms with E-state index in [2.05, 4.69) is 0 Å². The number of hydrogen-bond donors (Lipinski definition) is 0. The largest absolute Gasteiger partial charge is 2.00 e. The Balaban J connectivity index is 0. The molecular weight excluding hydrogens is 87.4 g/mol. The summed E-state index contributed by atoms with van der Waals surface area (Å²) in [5.74, 6) is 0. The van der Waals surface area contributed by atoms with E-state index in [1.807, 2.05) is 0 Å². The minimum absolute atomic E-state index is 0. The van der Waals surface area contributed by atoms with Gasteiger partial charge in [-0.1, -0.05) is 0 Å². The normalized spacial score (nSPS) is 0. The molecule has 0 aromatic carbocycles. The molecule has 0 aliphatic heterocycles. The molecular formula is H9FMgOSi. The average Bonchev–Trinajstić information content (AvgIpc) is 0. The van der Waals surface area contributed by atoms with E-state index < -0.39 is 0 Å². The smallest absolute Gasteiger partial charge is 1.00 e. The second kappa shape index (κ2) is 41.9. The van der Waals surface area contributed by atoms with E-state index in [1.54, 1.807) is 0 Å². The summed E-state index contributed by atoms with van der Waals surface area (Å²) in [6.07, 6.45) is 0. The maximum atomic E-state index is 0. The third-order valence-electron chi connectivity index (χ3n) is 0. The fourth-order valence-corrected chi connectivity index (χ4v) is 0. The van der Waals surface area contributed by atoms with Crippen molar-refractivity contribution in [2.75, 3.05) is 0 Å². The first kappa shape index (κ1) is 95.9. The Morgan fingerprint density at radius 3 is 1.25 bits per heavy atom. The van der Waals surface area contributed by atoms with Crippen LogP contribution in [0.5, 0.6) is 0 Å². The first-order valence-electron chi connectivity index (χ1n) is 0. The van der Waals surface area contributed by atoms with Gasteiger partial charge in [0.05, 0.1) is 0 Å². The zero-order valence-electron chi connectivity index (χ0n) is 3.62. The molecule has 0 rings (SSSR count). The maximum absolute atomic E-state index is 0. The van der Waals surface area contributed by atoms with Gasteiger partial charge in [0.25, 0.3) is 0 Å². The maximum Gasteiger partial charge on any atom is 2.00 e. The molecule has 2 N–H and O–H groups in total. The molecule has 0 aromatic heterocycles. The number of halogens is 1. The van der Waals surface area contributed by atoms with Crippen LogP contribution in [-0.2, 0) is 0 Å². The van der Waals surface area contributed by atoms with Crippen LogP contribution in [-0.4, -0.2) is 39.5 Å². The fraction of sp³-hybridized carbons (Fsp3) is 0. The van der Waals surface area contributed by atoms with E-state index in [0.717, 1.165) is 0 Å². The molecule has 0 spiro atoms. The van der Waals surface area contributed by atoms with Gasteiger partial charge in [0.15, 0.2) is 0 Å². The van der Waals surface area contributed by atoms with Crippen LogP contribution in [0.4, 0.5) is 4.70 Å². The van der Waals surface area contributed by atoms with Gasteiger partial charge < -0.3 is 8.33 Å². The SMILES string of the molecule is F.O.[H-].[H-].[Mg+2].[SiH4]. The van der Waals surface area contributed by atoms with Crippen LogP contribution in [0.25, 0.3) is 0 Å². The van der Waals surface area contributed by atoms with E-state index in [0.29, 0.717) is 0 Å².